The molecule has 1 aromatic carbocycles. The lowest BCUT2D eigenvalue weighted by Crippen LogP contribution is -2.19. The average Bonchev–Trinajstić information content (AvgIpc) is 2.78. The molecule has 0 saturated heterocycles. The Bertz CT molecular complexity index is 799. The number of benzene rings is 1. The lowest BCUT2D eigenvalue weighted by atomic mass is 10.1. The second kappa shape index (κ2) is 7.88. The highest BCUT2D eigenvalue weighted by Crippen LogP contribution is 2.21. The Hall–Kier alpha value is -2.75. The van der Waals surface area contributed by atoms with E-state index in [0.717, 1.165) is 10.2 Å². The van der Waals surface area contributed by atoms with Crippen molar-refractivity contribution in [1.29, 1.82) is 0 Å². The highest BCUT2D eigenvalue weighted by Gasteiger charge is 2.30. The van der Waals surface area contributed by atoms with Crippen molar-refractivity contribution in [3.05, 3.63) is 52.8 Å². The first-order valence-electron chi connectivity index (χ1n) is 7.55. The van der Waals surface area contributed by atoms with E-state index in [9.17, 15) is 18.0 Å². The molecule has 1 heterocycles. The van der Waals surface area contributed by atoms with E-state index < -0.39 is 18.7 Å². The number of alkyl halides is 3. The Morgan fingerprint density at radius 3 is 2.56 bits per heavy atom. The predicted octanol–water partition coefficient (Wildman–Crippen LogP) is 3.20. The zero-order valence-corrected chi connectivity index (χ0v) is 13.9. The standard InChI is InChI=1S/C18H17F3N2O2/c1-13-16(14(2)23(22-13)12-18(19,20)21)11-17(24)25-10-6-9-15-7-4-3-5-8-15/h3-5,7-8H,10-12H2,1-2H3. The van der Waals surface area contributed by atoms with Crippen LogP contribution in [-0.2, 0) is 22.5 Å². The Morgan fingerprint density at radius 1 is 1.24 bits per heavy atom. The van der Waals surface area contributed by atoms with E-state index in [-0.39, 0.29) is 13.0 Å². The summed E-state index contributed by atoms with van der Waals surface area (Å²) < 4.78 is 43.4. The fourth-order valence-corrected chi connectivity index (χ4v) is 2.29. The van der Waals surface area contributed by atoms with E-state index in [1.165, 1.54) is 6.92 Å². The number of halogens is 3. The molecule has 4 nitrogen and oxygen atoms in total. The minimum atomic E-state index is -4.37. The van der Waals surface area contributed by atoms with E-state index >= 15 is 0 Å². The summed E-state index contributed by atoms with van der Waals surface area (Å²) >= 11 is 0. The van der Waals surface area contributed by atoms with Crippen LogP contribution in [-0.4, -0.2) is 28.5 Å². The number of hydrogen-bond acceptors (Lipinski definition) is 3. The number of ether oxygens (including phenoxy) is 1. The highest BCUT2D eigenvalue weighted by atomic mass is 19.4. The van der Waals surface area contributed by atoms with Crippen LogP contribution in [0.4, 0.5) is 13.2 Å². The zero-order valence-electron chi connectivity index (χ0n) is 13.9. The molecular formula is C18H17F3N2O2. The van der Waals surface area contributed by atoms with Crippen LogP contribution in [0, 0.1) is 25.7 Å². The van der Waals surface area contributed by atoms with E-state index in [1.807, 2.05) is 30.3 Å². The molecule has 0 atom stereocenters. The van der Waals surface area contributed by atoms with Gasteiger partial charge >= 0.3 is 12.1 Å². The van der Waals surface area contributed by atoms with Crippen molar-refractivity contribution in [2.45, 2.75) is 33.0 Å². The third-order valence-electron chi connectivity index (χ3n) is 3.49. The predicted molar refractivity (Wildman–Crippen MR) is 85.7 cm³/mol. The third kappa shape index (κ3) is 5.68. The van der Waals surface area contributed by atoms with Crippen molar-refractivity contribution in [1.82, 2.24) is 9.78 Å². The summed E-state index contributed by atoms with van der Waals surface area (Å²) in [5.41, 5.74) is 1.94. The normalized spacial score (nSPS) is 10.9. The Labute approximate surface area is 143 Å². The maximum Gasteiger partial charge on any atom is 0.408 e. The van der Waals surface area contributed by atoms with Gasteiger partial charge in [0.05, 0.1) is 12.1 Å². The maximum atomic E-state index is 12.5. The largest absolute Gasteiger partial charge is 0.452 e. The average molecular weight is 350 g/mol. The van der Waals surface area contributed by atoms with Crippen molar-refractivity contribution >= 4 is 5.97 Å². The number of aryl methyl sites for hydroxylation is 1. The Morgan fingerprint density at radius 2 is 1.92 bits per heavy atom. The van der Waals surface area contributed by atoms with Gasteiger partial charge in [-0.2, -0.15) is 18.3 Å². The molecule has 1 aromatic heterocycles. The molecule has 2 aromatic rings. The molecule has 0 aliphatic rings. The molecule has 0 amide bonds. The molecule has 0 radical (unpaired) electrons. The minimum absolute atomic E-state index is 0.0808. The van der Waals surface area contributed by atoms with Crippen molar-refractivity contribution in [2.24, 2.45) is 0 Å². The molecule has 132 valence electrons. The van der Waals surface area contributed by atoms with Gasteiger partial charge < -0.3 is 4.74 Å². The third-order valence-corrected chi connectivity index (χ3v) is 3.49. The first-order valence-corrected chi connectivity index (χ1v) is 7.55. The number of aromatic nitrogens is 2. The summed E-state index contributed by atoms with van der Waals surface area (Å²) in [4.78, 5) is 11.9. The van der Waals surface area contributed by atoms with Crippen LogP contribution in [0.25, 0.3) is 0 Å². The van der Waals surface area contributed by atoms with Crippen molar-refractivity contribution in [3.8, 4) is 11.8 Å². The van der Waals surface area contributed by atoms with E-state index in [1.54, 1.807) is 6.92 Å². The number of esters is 1. The fourth-order valence-electron chi connectivity index (χ4n) is 2.29. The van der Waals surface area contributed by atoms with Crippen LogP contribution in [0.5, 0.6) is 0 Å². The van der Waals surface area contributed by atoms with Gasteiger partial charge in [-0.3, -0.25) is 9.48 Å². The lowest BCUT2D eigenvalue weighted by molar-refractivity contribution is -0.143. The van der Waals surface area contributed by atoms with Gasteiger partial charge in [0.1, 0.15) is 6.54 Å². The van der Waals surface area contributed by atoms with Crippen LogP contribution in [0.1, 0.15) is 22.5 Å². The molecule has 25 heavy (non-hydrogen) atoms. The second-order valence-corrected chi connectivity index (χ2v) is 5.43. The van der Waals surface area contributed by atoms with Gasteiger partial charge in [0.2, 0.25) is 0 Å². The van der Waals surface area contributed by atoms with Gasteiger partial charge in [-0.05, 0) is 26.0 Å². The van der Waals surface area contributed by atoms with Crippen LogP contribution >= 0.6 is 0 Å². The molecule has 0 N–H and O–H groups in total. The minimum Gasteiger partial charge on any atom is -0.452 e. The van der Waals surface area contributed by atoms with Crippen molar-refractivity contribution < 1.29 is 22.7 Å². The van der Waals surface area contributed by atoms with Crippen LogP contribution in [0.15, 0.2) is 30.3 Å². The quantitative estimate of drug-likeness (QED) is 0.628. The topological polar surface area (TPSA) is 44.1 Å². The SMILES string of the molecule is Cc1nn(CC(F)(F)F)c(C)c1CC(=O)OCC#Cc1ccccc1. The Balaban J connectivity index is 1.94. The molecule has 0 fully saturated rings. The summed E-state index contributed by atoms with van der Waals surface area (Å²) in [7, 11) is 0. The summed E-state index contributed by atoms with van der Waals surface area (Å²) in [6.45, 7) is 1.81. The smallest absolute Gasteiger partial charge is 0.408 e. The maximum absolute atomic E-state index is 12.5. The van der Waals surface area contributed by atoms with Crippen LogP contribution in [0.3, 0.4) is 0 Å². The Kier molecular flexibility index (Phi) is 5.86. The summed E-state index contributed by atoms with van der Waals surface area (Å²) in [6.07, 6.45) is -4.50. The molecule has 2 rings (SSSR count). The summed E-state index contributed by atoms with van der Waals surface area (Å²) in [5.74, 6) is 5.01. The number of hydrogen-bond donors (Lipinski definition) is 0. The summed E-state index contributed by atoms with van der Waals surface area (Å²) in [5, 5.41) is 3.85. The number of nitrogens with zero attached hydrogens (tertiary/aromatic N) is 2. The van der Waals surface area contributed by atoms with Gasteiger partial charge in [-0.1, -0.05) is 30.0 Å². The molecule has 0 aliphatic heterocycles. The molecule has 0 spiro atoms. The molecule has 0 aliphatic carbocycles. The lowest BCUT2D eigenvalue weighted by Gasteiger charge is -2.08. The van der Waals surface area contributed by atoms with Gasteiger partial charge in [-0.15, -0.1) is 0 Å². The van der Waals surface area contributed by atoms with E-state index in [2.05, 4.69) is 16.9 Å². The zero-order chi connectivity index (χ0) is 18.4. The molecule has 0 saturated carbocycles. The summed E-state index contributed by atoms with van der Waals surface area (Å²) in [6, 6.07) is 9.22. The molecule has 0 bridgehead atoms. The van der Waals surface area contributed by atoms with Gasteiger partial charge in [0.15, 0.2) is 6.61 Å². The number of rotatable bonds is 4. The molecule has 0 unspecified atom stereocenters. The first kappa shape index (κ1) is 18.6. The first-order chi connectivity index (χ1) is 11.8. The van der Waals surface area contributed by atoms with Crippen molar-refractivity contribution in [3.63, 3.8) is 0 Å². The number of carbonyl (C=O) groups excluding carboxylic acids is 1. The van der Waals surface area contributed by atoms with Crippen LogP contribution < -0.4 is 0 Å². The molecule has 7 heteroatoms. The van der Waals surface area contributed by atoms with Crippen molar-refractivity contribution in [2.75, 3.05) is 6.61 Å². The molecular weight excluding hydrogens is 333 g/mol. The highest BCUT2D eigenvalue weighted by molar-refractivity contribution is 5.73. The van der Waals surface area contributed by atoms with Gasteiger partial charge in [0, 0.05) is 16.8 Å². The van der Waals surface area contributed by atoms with Crippen LogP contribution in [0.2, 0.25) is 0 Å². The number of carbonyl (C=O) groups is 1. The van der Waals surface area contributed by atoms with E-state index in [4.69, 9.17) is 4.74 Å². The second-order valence-electron chi connectivity index (χ2n) is 5.43. The van der Waals surface area contributed by atoms with E-state index in [0.29, 0.717) is 17.0 Å². The fraction of sp³-hybridized carbons (Fsp3) is 0.333. The van der Waals surface area contributed by atoms with Gasteiger partial charge in [0.25, 0.3) is 0 Å². The van der Waals surface area contributed by atoms with Gasteiger partial charge in [-0.25, -0.2) is 0 Å². The monoisotopic (exact) mass is 350 g/mol.